The normalized spacial score (nSPS) is 10.3. The minimum absolute atomic E-state index is 0.0264. The monoisotopic (exact) mass is 393 g/mol. The van der Waals surface area contributed by atoms with Crippen LogP contribution in [0.25, 0.3) is 0 Å². The molecule has 0 saturated heterocycles. The van der Waals surface area contributed by atoms with Gasteiger partial charge < -0.3 is 10.1 Å². The number of nitrogens with one attached hydrogen (secondary N) is 2. The maximum absolute atomic E-state index is 12.3. The molecule has 0 bridgehead atoms. The Morgan fingerprint density at radius 1 is 1.27 bits per heavy atom. The third-order valence-electron chi connectivity index (χ3n) is 3.10. The number of benzene rings is 2. The second kappa shape index (κ2) is 8.59. The van der Waals surface area contributed by atoms with Crippen molar-refractivity contribution in [1.82, 2.24) is 5.32 Å². The van der Waals surface area contributed by atoms with Crippen LogP contribution >= 0.6 is 23.8 Å². The molecule has 0 aliphatic rings. The number of nitrogens with zero attached hydrogens (tertiary/aromatic N) is 1. The first-order valence-corrected chi connectivity index (χ1v) is 8.38. The van der Waals surface area contributed by atoms with E-state index in [1.807, 2.05) is 13.8 Å². The van der Waals surface area contributed by atoms with Crippen molar-refractivity contribution >= 4 is 46.2 Å². The Bertz CT molecular complexity index is 858. The zero-order valence-corrected chi connectivity index (χ0v) is 15.6. The number of carbonyl (C=O) groups is 1. The van der Waals surface area contributed by atoms with E-state index in [0.717, 1.165) is 0 Å². The van der Waals surface area contributed by atoms with E-state index in [-0.39, 0.29) is 27.6 Å². The Morgan fingerprint density at radius 3 is 2.65 bits per heavy atom. The SMILES string of the molecule is CC(C)Oc1cccc(C(=O)NC(=S)Nc2ccc(Cl)cc2[N+](=O)[O-])c1. The van der Waals surface area contributed by atoms with Gasteiger partial charge in [0.1, 0.15) is 11.4 Å². The van der Waals surface area contributed by atoms with Crippen molar-refractivity contribution in [1.29, 1.82) is 0 Å². The molecule has 2 N–H and O–H groups in total. The number of amides is 1. The molecule has 136 valence electrons. The summed E-state index contributed by atoms with van der Waals surface area (Å²) in [5.41, 5.74) is 0.223. The molecule has 0 aliphatic carbocycles. The van der Waals surface area contributed by atoms with Gasteiger partial charge in [0.05, 0.1) is 11.0 Å². The summed E-state index contributed by atoms with van der Waals surface area (Å²) in [6.07, 6.45) is -0.0264. The van der Waals surface area contributed by atoms with Gasteiger partial charge in [-0.2, -0.15) is 0 Å². The van der Waals surface area contributed by atoms with Gasteiger partial charge in [0, 0.05) is 16.7 Å². The second-order valence-electron chi connectivity index (χ2n) is 5.52. The molecule has 2 rings (SSSR count). The zero-order valence-electron chi connectivity index (χ0n) is 14.0. The zero-order chi connectivity index (χ0) is 19.3. The fraction of sp³-hybridized carbons (Fsp3) is 0.176. The summed E-state index contributed by atoms with van der Waals surface area (Å²) in [5.74, 6) is 0.0909. The summed E-state index contributed by atoms with van der Waals surface area (Å²) in [4.78, 5) is 22.8. The number of anilines is 1. The molecule has 0 aliphatic heterocycles. The summed E-state index contributed by atoms with van der Waals surface area (Å²) in [6.45, 7) is 3.76. The van der Waals surface area contributed by atoms with Crippen LogP contribution in [0.1, 0.15) is 24.2 Å². The van der Waals surface area contributed by atoms with Gasteiger partial charge in [0.25, 0.3) is 11.6 Å². The Labute approximate surface area is 160 Å². The van der Waals surface area contributed by atoms with Gasteiger partial charge in [0.15, 0.2) is 5.11 Å². The third-order valence-corrected chi connectivity index (χ3v) is 3.54. The van der Waals surface area contributed by atoms with Gasteiger partial charge in [-0.25, -0.2) is 0 Å². The van der Waals surface area contributed by atoms with Crippen LogP contribution < -0.4 is 15.4 Å². The van der Waals surface area contributed by atoms with E-state index in [4.69, 9.17) is 28.6 Å². The molecule has 0 saturated carbocycles. The van der Waals surface area contributed by atoms with Crippen LogP contribution in [0.3, 0.4) is 0 Å². The summed E-state index contributed by atoms with van der Waals surface area (Å²) < 4.78 is 5.54. The smallest absolute Gasteiger partial charge is 0.294 e. The van der Waals surface area contributed by atoms with Crippen molar-refractivity contribution in [3.8, 4) is 5.75 Å². The van der Waals surface area contributed by atoms with Crippen molar-refractivity contribution in [2.45, 2.75) is 20.0 Å². The summed E-state index contributed by atoms with van der Waals surface area (Å²) in [6, 6.07) is 10.7. The fourth-order valence-corrected chi connectivity index (χ4v) is 2.44. The highest BCUT2D eigenvalue weighted by Gasteiger charge is 2.16. The molecule has 26 heavy (non-hydrogen) atoms. The molecule has 0 radical (unpaired) electrons. The number of rotatable bonds is 5. The maximum atomic E-state index is 12.3. The average molecular weight is 394 g/mol. The molecule has 0 atom stereocenters. The van der Waals surface area contributed by atoms with Crippen LogP contribution in [0.5, 0.6) is 5.75 Å². The topological polar surface area (TPSA) is 93.5 Å². The van der Waals surface area contributed by atoms with Crippen molar-refractivity contribution in [2.24, 2.45) is 0 Å². The maximum Gasteiger partial charge on any atom is 0.294 e. The lowest BCUT2D eigenvalue weighted by atomic mass is 10.2. The van der Waals surface area contributed by atoms with E-state index in [1.54, 1.807) is 24.3 Å². The van der Waals surface area contributed by atoms with E-state index in [2.05, 4.69) is 10.6 Å². The molecule has 0 spiro atoms. The lowest BCUT2D eigenvalue weighted by molar-refractivity contribution is -0.383. The van der Waals surface area contributed by atoms with Gasteiger partial charge in [-0.05, 0) is 56.4 Å². The Morgan fingerprint density at radius 2 is 2.00 bits per heavy atom. The van der Waals surface area contributed by atoms with E-state index in [9.17, 15) is 14.9 Å². The lowest BCUT2D eigenvalue weighted by Gasteiger charge is -2.12. The van der Waals surface area contributed by atoms with Crippen LogP contribution in [-0.4, -0.2) is 22.0 Å². The highest BCUT2D eigenvalue weighted by Crippen LogP contribution is 2.27. The number of hydrogen-bond acceptors (Lipinski definition) is 5. The van der Waals surface area contributed by atoms with Crippen LogP contribution in [0, 0.1) is 10.1 Å². The quantitative estimate of drug-likeness (QED) is 0.450. The van der Waals surface area contributed by atoms with Crippen molar-refractivity contribution in [2.75, 3.05) is 5.32 Å². The van der Waals surface area contributed by atoms with Crippen molar-refractivity contribution < 1.29 is 14.5 Å². The number of thiocarbonyl (C=S) groups is 1. The fourth-order valence-electron chi connectivity index (χ4n) is 2.07. The molecule has 2 aromatic rings. The van der Waals surface area contributed by atoms with Crippen LogP contribution in [-0.2, 0) is 0 Å². The highest BCUT2D eigenvalue weighted by molar-refractivity contribution is 7.80. The van der Waals surface area contributed by atoms with E-state index >= 15 is 0 Å². The van der Waals surface area contributed by atoms with Gasteiger partial charge in [-0.3, -0.25) is 20.2 Å². The summed E-state index contributed by atoms with van der Waals surface area (Å²) in [7, 11) is 0. The van der Waals surface area contributed by atoms with Crippen LogP contribution in [0.2, 0.25) is 5.02 Å². The van der Waals surface area contributed by atoms with E-state index in [1.165, 1.54) is 18.2 Å². The standard InChI is InChI=1S/C17H16ClN3O4S/c1-10(2)25-13-5-3-4-11(8-13)16(22)20-17(26)19-14-7-6-12(18)9-15(14)21(23)24/h3-10H,1-2H3,(H2,19,20,22,26). The number of ether oxygens (including phenoxy) is 1. The lowest BCUT2D eigenvalue weighted by Crippen LogP contribution is -2.34. The Kier molecular flexibility index (Phi) is 6.48. The summed E-state index contributed by atoms with van der Waals surface area (Å²) >= 11 is 10.8. The molecular weight excluding hydrogens is 378 g/mol. The first-order chi connectivity index (χ1) is 12.3. The summed E-state index contributed by atoms with van der Waals surface area (Å²) in [5, 5.41) is 16.3. The number of nitro groups is 1. The molecule has 1 amide bonds. The number of nitro benzene ring substituents is 1. The van der Waals surface area contributed by atoms with E-state index < -0.39 is 10.8 Å². The third kappa shape index (κ3) is 5.40. The number of carbonyl (C=O) groups excluding carboxylic acids is 1. The van der Waals surface area contributed by atoms with Crippen molar-refractivity contribution in [3.63, 3.8) is 0 Å². The first-order valence-electron chi connectivity index (χ1n) is 7.59. The van der Waals surface area contributed by atoms with Crippen LogP contribution in [0.4, 0.5) is 11.4 Å². The Balaban J connectivity index is 2.09. The second-order valence-corrected chi connectivity index (χ2v) is 6.37. The molecule has 0 fully saturated rings. The predicted molar refractivity (Wildman–Crippen MR) is 104 cm³/mol. The molecular formula is C17H16ClN3O4S. The molecule has 0 heterocycles. The predicted octanol–water partition coefficient (Wildman–Crippen LogP) is 4.16. The molecule has 9 heteroatoms. The van der Waals surface area contributed by atoms with Crippen molar-refractivity contribution in [3.05, 3.63) is 63.2 Å². The largest absolute Gasteiger partial charge is 0.491 e. The first kappa shape index (κ1) is 19.6. The van der Waals surface area contributed by atoms with Gasteiger partial charge >= 0.3 is 0 Å². The average Bonchev–Trinajstić information content (AvgIpc) is 2.55. The molecule has 0 unspecified atom stereocenters. The minimum Gasteiger partial charge on any atom is -0.491 e. The van der Waals surface area contributed by atoms with Gasteiger partial charge in [-0.1, -0.05) is 17.7 Å². The van der Waals surface area contributed by atoms with E-state index in [0.29, 0.717) is 11.3 Å². The van der Waals surface area contributed by atoms with Gasteiger partial charge in [-0.15, -0.1) is 0 Å². The molecule has 2 aromatic carbocycles. The van der Waals surface area contributed by atoms with Crippen LogP contribution in [0.15, 0.2) is 42.5 Å². The number of hydrogen-bond donors (Lipinski definition) is 2. The Hall–Kier alpha value is -2.71. The molecule has 0 aromatic heterocycles. The van der Waals surface area contributed by atoms with Gasteiger partial charge in [0.2, 0.25) is 0 Å². The highest BCUT2D eigenvalue weighted by atomic mass is 35.5. The number of halogens is 1. The molecule has 7 nitrogen and oxygen atoms in total. The minimum atomic E-state index is -0.592.